The van der Waals surface area contributed by atoms with E-state index in [1.807, 2.05) is 29.2 Å². The molecular formula is C16H19IN2O3. The van der Waals surface area contributed by atoms with Crippen molar-refractivity contribution in [2.45, 2.75) is 18.9 Å². The number of amides is 2. The largest absolute Gasteiger partial charge is 0.445 e. The van der Waals surface area contributed by atoms with E-state index in [9.17, 15) is 9.59 Å². The fraction of sp³-hybridized carbons (Fsp3) is 0.375. The van der Waals surface area contributed by atoms with Gasteiger partial charge in [-0.05, 0) is 47.6 Å². The van der Waals surface area contributed by atoms with Gasteiger partial charge >= 0.3 is 6.09 Å². The summed E-state index contributed by atoms with van der Waals surface area (Å²) in [7, 11) is 0. The van der Waals surface area contributed by atoms with Crippen LogP contribution >= 0.6 is 22.6 Å². The van der Waals surface area contributed by atoms with Crippen molar-refractivity contribution in [3.8, 4) is 0 Å². The van der Waals surface area contributed by atoms with E-state index in [0.717, 1.165) is 22.0 Å². The predicted molar refractivity (Wildman–Crippen MR) is 92.8 cm³/mol. The highest BCUT2D eigenvalue weighted by molar-refractivity contribution is 14.1. The molecule has 1 saturated heterocycles. The molecule has 2 rings (SSSR count). The topological polar surface area (TPSA) is 58.6 Å². The predicted octanol–water partition coefficient (Wildman–Crippen LogP) is 2.81. The fourth-order valence-corrected chi connectivity index (χ4v) is 2.99. The number of piperidine rings is 1. The normalized spacial score (nSPS) is 15.2. The minimum atomic E-state index is -0.428. The molecule has 0 radical (unpaired) electrons. The number of alkyl carbamates (subject to hydrolysis) is 1. The standard InChI is InChI=1S/C16H19IN2O3/c1-2-11-22-16(21)18-12-7-9-19(10-8-12)15(20)13-5-3-4-6-14(13)17/h2-6,12H,1,7-11H2,(H,18,21). The summed E-state index contributed by atoms with van der Waals surface area (Å²) >= 11 is 2.18. The zero-order valence-electron chi connectivity index (χ0n) is 12.3. The quantitative estimate of drug-likeness (QED) is 0.609. The highest BCUT2D eigenvalue weighted by atomic mass is 127. The molecule has 5 nitrogen and oxygen atoms in total. The van der Waals surface area contributed by atoms with Crippen LogP contribution in [0.25, 0.3) is 0 Å². The second kappa shape index (κ2) is 8.17. The van der Waals surface area contributed by atoms with Gasteiger partial charge in [0, 0.05) is 22.7 Å². The maximum Gasteiger partial charge on any atom is 0.407 e. The Morgan fingerprint density at radius 2 is 2.05 bits per heavy atom. The number of hydrogen-bond donors (Lipinski definition) is 1. The number of nitrogens with zero attached hydrogens (tertiary/aromatic N) is 1. The Bertz CT molecular complexity index is 554. The lowest BCUT2D eigenvalue weighted by molar-refractivity contribution is 0.0702. The van der Waals surface area contributed by atoms with Crippen molar-refractivity contribution in [2.24, 2.45) is 0 Å². The van der Waals surface area contributed by atoms with Gasteiger partial charge in [-0.1, -0.05) is 24.8 Å². The van der Waals surface area contributed by atoms with Gasteiger partial charge < -0.3 is 15.0 Å². The first-order valence-corrected chi connectivity index (χ1v) is 8.27. The molecule has 1 aromatic carbocycles. The van der Waals surface area contributed by atoms with E-state index in [4.69, 9.17) is 4.74 Å². The molecule has 0 unspecified atom stereocenters. The lowest BCUT2D eigenvalue weighted by Crippen LogP contribution is -2.46. The Kier molecular flexibility index (Phi) is 6.23. The van der Waals surface area contributed by atoms with Gasteiger partial charge in [0.2, 0.25) is 0 Å². The average molecular weight is 414 g/mol. The Morgan fingerprint density at radius 3 is 2.68 bits per heavy atom. The van der Waals surface area contributed by atoms with Crippen molar-refractivity contribution in [1.29, 1.82) is 0 Å². The number of rotatable bonds is 4. The third kappa shape index (κ3) is 4.46. The van der Waals surface area contributed by atoms with E-state index in [-0.39, 0.29) is 18.6 Å². The summed E-state index contributed by atoms with van der Waals surface area (Å²) in [5.74, 6) is 0.0534. The van der Waals surface area contributed by atoms with Crippen LogP contribution in [0.15, 0.2) is 36.9 Å². The molecule has 0 bridgehead atoms. The molecule has 0 aromatic heterocycles. The number of carbonyl (C=O) groups is 2. The van der Waals surface area contributed by atoms with Crippen LogP contribution in [-0.4, -0.2) is 42.6 Å². The molecule has 0 spiro atoms. The molecule has 0 aliphatic carbocycles. The Balaban J connectivity index is 1.84. The summed E-state index contributed by atoms with van der Waals surface area (Å²) in [6, 6.07) is 7.62. The van der Waals surface area contributed by atoms with Crippen LogP contribution in [0.1, 0.15) is 23.2 Å². The van der Waals surface area contributed by atoms with E-state index in [1.54, 1.807) is 0 Å². The zero-order valence-corrected chi connectivity index (χ0v) is 14.4. The maximum atomic E-state index is 12.5. The van der Waals surface area contributed by atoms with Gasteiger partial charge in [-0.25, -0.2) is 4.79 Å². The van der Waals surface area contributed by atoms with Gasteiger partial charge in [0.1, 0.15) is 6.61 Å². The number of nitrogens with one attached hydrogen (secondary N) is 1. The first-order valence-electron chi connectivity index (χ1n) is 7.20. The number of ether oxygens (including phenoxy) is 1. The van der Waals surface area contributed by atoms with E-state index >= 15 is 0 Å². The first kappa shape index (κ1) is 16.8. The van der Waals surface area contributed by atoms with Gasteiger partial charge in [-0.2, -0.15) is 0 Å². The average Bonchev–Trinajstić information content (AvgIpc) is 2.53. The molecule has 6 heteroatoms. The van der Waals surface area contributed by atoms with Gasteiger partial charge in [0.25, 0.3) is 5.91 Å². The van der Waals surface area contributed by atoms with Gasteiger partial charge in [-0.15, -0.1) is 0 Å². The molecule has 1 N–H and O–H groups in total. The van der Waals surface area contributed by atoms with Crippen molar-refractivity contribution in [3.05, 3.63) is 46.1 Å². The van der Waals surface area contributed by atoms with E-state index < -0.39 is 6.09 Å². The van der Waals surface area contributed by atoms with Crippen molar-refractivity contribution < 1.29 is 14.3 Å². The number of hydrogen-bond acceptors (Lipinski definition) is 3. The summed E-state index contributed by atoms with van der Waals surface area (Å²) in [5.41, 5.74) is 0.736. The molecule has 118 valence electrons. The summed E-state index contributed by atoms with van der Waals surface area (Å²) in [5, 5.41) is 2.82. The zero-order chi connectivity index (χ0) is 15.9. The van der Waals surface area contributed by atoms with Crippen molar-refractivity contribution in [3.63, 3.8) is 0 Å². The van der Waals surface area contributed by atoms with Crippen LogP contribution in [0.5, 0.6) is 0 Å². The Hall–Kier alpha value is -1.57. The van der Waals surface area contributed by atoms with E-state index in [2.05, 4.69) is 34.5 Å². The highest BCUT2D eigenvalue weighted by Gasteiger charge is 2.25. The van der Waals surface area contributed by atoms with Crippen molar-refractivity contribution in [1.82, 2.24) is 10.2 Å². The minimum Gasteiger partial charge on any atom is -0.445 e. The molecular weight excluding hydrogens is 395 g/mol. The monoisotopic (exact) mass is 414 g/mol. The molecule has 0 atom stereocenters. The lowest BCUT2D eigenvalue weighted by Gasteiger charge is -2.32. The number of carbonyl (C=O) groups excluding carboxylic acids is 2. The molecule has 22 heavy (non-hydrogen) atoms. The summed E-state index contributed by atoms with van der Waals surface area (Å²) in [6.45, 7) is 4.97. The SMILES string of the molecule is C=CCOC(=O)NC1CCN(C(=O)c2ccccc2I)CC1. The third-order valence-electron chi connectivity index (χ3n) is 3.54. The van der Waals surface area contributed by atoms with Crippen LogP contribution in [0.2, 0.25) is 0 Å². The molecule has 2 amide bonds. The smallest absolute Gasteiger partial charge is 0.407 e. The van der Waals surface area contributed by atoms with Crippen LogP contribution in [0, 0.1) is 3.57 Å². The molecule has 1 heterocycles. The third-order valence-corrected chi connectivity index (χ3v) is 4.48. The van der Waals surface area contributed by atoms with E-state index in [1.165, 1.54) is 6.08 Å². The minimum absolute atomic E-state index is 0.0520. The van der Waals surface area contributed by atoms with Crippen LogP contribution in [0.3, 0.4) is 0 Å². The molecule has 1 fully saturated rings. The van der Waals surface area contributed by atoms with Crippen LogP contribution in [0.4, 0.5) is 4.79 Å². The molecule has 1 aromatic rings. The second-order valence-corrected chi connectivity index (χ2v) is 6.24. The number of likely N-dealkylation sites (tertiary alicyclic amines) is 1. The van der Waals surface area contributed by atoms with Gasteiger partial charge in [0.15, 0.2) is 0 Å². The molecule has 0 saturated carbocycles. The van der Waals surface area contributed by atoms with Crippen LogP contribution in [-0.2, 0) is 4.74 Å². The highest BCUT2D eigenvalue weighted by Crippen LogP contribution is 2.18. The van der Waals surface area contributed by atoms with Crippen molar-refractivity contribution >= 4 is 34.6 Å². The first-order chi connectivity index (χ1) is 10.6. The van der Waals surface area contributed by atoms with Crippen LogP contribution < -0.4 is 5.32 Å². The second-order valence-electron chi connectivity index (χ2n) is 5.08. The molecule has 1 aliphatic heterocycles. The molecule has 1 aliphatic rings. The summed E-state index contributed by atoms with van der Waals surface area (Å²) < 4.78 is 5.86. The maximum absolute atomic E-state index is 12.5. The Labute approximate surface area is 143 Å². The fourth-order valence-electron chi connectivity index (χ4n) is 2.37. The number of benzene rings is 1. The van der Waals surface area contributed by atoms with Gasteiger partial charge in [0.05, 0.1) is 5.56 Å². The van der Waals surface area contributed by atoms with Crippen molar-refractivity contribution in [2.75, 3.05) is 19.7 Å². The summed E-state index contributed by atoms with van der Waals surface area (Å²) in [4.78, 5) is 25.8. The summed E-state index contributed by atoms with van der Waals surface area (Å²) in [6.07, 6.45) is 2.57. The lowest BCUT2D eigenvalue weighted by atomic mass is 10.0. The van der Waals surface area contributed by atoms with E-state index in [0.29, 0.717) is 13.1 Å². The number of halogens is 1. The Morgan fingerprint density at radius 1 is 1.36 bits per heavy atom. The van der Waals surface area contributed by atoms with Gasteiger partial charge in [-0.3, -0.25) is 4.79 Å².